The average Bonchev–Trinajstić information content (AvgIpc) is 2.54. The van der Waals surface area contributed by atoms with Crippen molar-refractivity contribution in [3.05, 3.63) is 34.6 Å². The molecule has 134 valence electrons. The Balaban J connectivity index is 1.71. The molecule has 1 aliphatic rings. The molecule has 1 amide bonds. The van der Waals surface area contributed by atoms with Gasteiger partial charge in [0, 0.05) is 29.6 Å². The van der Waals surface area contributed by atoms with Gasteiger partial charge in [0.2, 0.25) is 5.91 Å². The molecule has 0 aromatic heterocycles. The number of likely N-dealkylation sites (tertiary alicyclic amines) is 1. The van der Waals surface area contributed by atoms with Gasteiger partial charge >= 0.3 is 0 Å². The van der Waals surface area contributed by atoms with Gasteiger partial charge in [0.25, 0.3) is 0 Å². The van der Waals surface area contributed by atoms with Crippen LogP contribution in [-0.4, -0.2) is 56.0 Å². The number of nitrogens with zero attached hydrogens (tertiary/aromatic N) is 2. The zero-order chi connectivity index (χ0) is 17.5. The summed E-state index contributed by atoms with van der Waals surface area (Å²) in [5, 5.41) is 3.45. The number of carbonyl (C=O) groups is 1. The van der Waals surface area contributed by atoms with E-state index in [1.807, 2.05) is 14.1 Å². The minimum absolute atomic E-state index is 0.0793. The molecule has 1 fully saturated rings. The van der Waals surface area contributed by atoms with Crippen LogP contribution in [0, 0.1) is 11.7 Å². The van der Waals surface area contributed by atoms with E-state index in [9.17, 15) is 9.18 Å². The molecule has 0 atom stereocenters. The maximum absolute atomic E-state index is 13.9. The number of amides is 1. The van der Waals surface area contributed by atoms with E-state index >= 15 is 0 Å². The number of rotatable bonds is 7. The molecule has 4 nitrogen and oxygen atoms in total. The van der Waals surface area contributed by atoms with Gasteiger partial charge in [0.1, 0.15) is 5.82 Å². The zero-order valence-electron chi connectivity index (χ0n) is 14.5. The molecule has 0 unspecified atom stereocenters. The number of hydrogen-bond donors (Lipinski definition) is 1. The first-order chi connectivity index (χ1) is 11.5. The third-order valence-electron chi connectivity index (χ3n) is 4.45. The van der Waals surface area contributed by atoms with Crippen LogP contribution in [0.1, 0.15) is 24.8 Å². The van der Waals surface area contributed by atoms with E-state index in [1.165, 1.54) is 6.07 Å². The molecule has 2 rings (SSSR count). The van der Waals surface area contributed by atoms with Gasteiger partial charge in [-0.05, 0) is 65.1 Å². The molecule has 1 heterocycles. The number of hydrogen-bond acceptors (Lipinski definition) is 3. The van der Waals surface area contributed by atoms with Crippen LogP contribution in [-0.2, 0) is 11.3 Å². The lowest BCUT2D eigenvalue weighted by Crippen LogP contribution is -2.40. The number of nitrogens with one attached hydrogen (secondary N) is 1. The lowest BCUT2D eigenvalue weighted by atomic mass is 9.95. The quantitative estimate of drug-likeness (QED) is 0.764. The van der Waals surface area contributed by atoms with Gasteiger partial charge in [-0.25, -0.2) is 4.39 Å². The van der Waals surface area contributed by atoms with Crippen molar-refractivity contribution in [2.45, 2.75) is 25.8 Å². The van der Waals surface area contributed by atoms with Crippen LogP contribution in [0.3, 0.4) is 0 Å². The molecule has 1 aromatic carbocycles. The summed E-state index contributed by atoms with van der Waals surface area (Å²) in [6.45, 7) is 3.91. The summed E-state index contributed by atoms with van der Waals surface area (Å²) in [6.07, 6.45) is 2.62. The molecule has 0 aliphatic carbocycles. The van der Waals surface area contributed by atoms with Crippen molar-refractivity contribution in [1.29, 1.82) is 0 Å². The fourth-order valence-electron chi connectivity index (χ4n) is 3.00. The van der Waals surface area contributed by atoms with Crippen molar-refractivity contribution in [3.63, 3.8) is 0 Å². The number of benzene rings is 1. The maximum atomic E-state index is 13.9. The summed E-state index contributed by atoms with van der Waals surface area (Å²) in [4.78, 5) is 16.5. The maximum Gasteiger partial charge on any atom is 0.223 e. The largest absolute Gasteiger partial charge is 0.356 e. The minimum atomic E-state index is -0.261. The third-order valence-corrected chi connectivity index (χ3v) is 4.68. The lowest BCUT2D eigenvalue weighted by molar-refractivity contribution is -0.126. The summed E-state index contributed by atoms with van der Waals surface area (Å²) < 4.78 is 13.9. The van der Waals surface area contributed by atoms with Crippen LogP contribution in [0.2, 0.25) is 5.02 Å². The van der Waals surface area contributed by atoms with Crippen LogP contribution in [0.25, 0.3) is 0 Å². The van der Waals surface area contributed by atoms with Gasteiger partial charge in [-0.1, -0.05) is 17.7 Å². The molecular weight excluding hydrogens is 329 g/mol. The fraction of sp³-hybridized carbons (Fsp3) is 0.611. The highest BCUT2D eigenvalue weighted by molar-refractivity contribution is 6.30. The van der Waals surface area contributed by atoms with E-state index in [0.717, 1.165) is 45.4 Å². The second-order valence-electron chi connectivity index (χ2n) is 6.73. The molecule has 1 aliphatic heterocycles. The number of carbonyl (C=O) groups excluding carboxylic acids is 1. The van der Waals surface area contributed by atoms with Gasteiger partial charge < -0.3 is 10.2 Å². The summed E-state index contributed by atoms with van der Waals surface area (Å²) >= 11 is 5.78. The number of piperidine rings is 1. The normalized spacial score (nSPS) is 16.5. The molecule has 0 bridgehead atoms. The van der Waals surface area contributed by atoms with Crippen molar-refractivity contribution >= 4 is 17.5 Å². The Kier molecular flexibility index (Phi) is 7.46. The number of halogens is 2. The van der Waals surface area contributed by atoms with Crippen LogP contribution in [0.15, 0.2) is 18.2 Å². The third kappa shape index (κ3) is 6.04. The van der Waals surface area contributed by atoms with E-state index in [0.29, 0.717) is 17.1 Å². The Bertz CT molecular complexity index is 545. The lowest BCUT2D eigenvalue weighted by Gasteiger charge is -2.31. The van der Waals surface area contributed by atoms with Gasteiger partial charge in [-0.3, -0.25) is 9.69 Å². The SMILES string of the molecule is CN(C)CCCNC(=O)C1CCN(Cc2ccc(Cl)cc2F)CC1. The Labute approximate surface area is 149 Å². The molecule has 0 saturated carbocycles. The van der Waals surface area contributed by atoms with E-state index in [2.05, 4.69) is 15.1 Å². The highest BCUT2D eigenvalue weighted by Crippen LogP contribution is 2.21. The zero-order valence-corrected chi connectivity index (χ0v) is 15.3. The minimum Gasteiger partial charge on any atom is -0.356 e. The summed E-state index contributed by atoms with van der Waals surface area (Å²) in [5.74, 6) is -0.0231. The van der Waals surface area contributed by atoms with E-state index in [-0.39, 0.29) is 17.6 Å². The Morgan fingerprint density at radius 3 is 2.71 bits per heavy atom. The monoisotopic (exact) mass is 355 g/mol. The van der Waals surface area contributed by atoms with Crippen LogP contribution < -0.4 is 5.32 Å². The van der Waals surface area contributed by atoms with E-state index in [4.69, 9.17) is 11.6 Å². The highest BCUT2D eigenvalue weighted by Gasteiger charge is 2.25. The van der Waals surface area contributed by atoms with Crippen molar-refractivity contribution in [2.75, 3.05) is 40.3 Å². The molecule has 1 aromatic rings. The first-order valence-electron chi connectivity index (χ1n) is 8.54. The highest BCUT2D eigenvalue weighted by atomic mass is 35.5. The fourth-order valence-corrected chi connectivity index (χ4v) is 3.15. The van der Waals surface area contributed by atoms with Crippen molar-refractivity contribution < 1.29 is 9.18 Å². The Hall–Kier alpha value is -1.17. The van der Waals surface area contributed by atoms with Crippen LogP contribution >= 0.6 is 11.6 Å². The van der Waals surface area contributed by atoms with Gasteiger partial charge in [-0.15, -0.1) is 0 Å². The summed E-state index contributed by atoms with van der Waals surface area (Å²) in [7, 11) is 4.06. The van der Waals surface area contributed by atoms with Crippen molar-refractivity contribution in [3.8, 4) is 0 Å². The van der Waals surface area contributed by atoms with Crippen molar-refractivity contribution in [1.82, 2.24) is 15.1 Å². The topological polar surface area (TPSA) is 35.6 Å². The van der Waals surface area contributed by atoms with Gasteiger partial charge in [0.05, 0.1) is 0 Å². The Morgan fingerprint density at radius 1 is 1.38 bits per heavy atom. The second kappa shape index (κ2) is 9.35. The molecule has 1 saturated heterocycles. The van der Waals surface area contributed by atoms with Gasteiger partial charge in [-0.2, -0.15) is 0 Å². The first kappa shape index (κ1) is 19.2. The molecule has 0 spiro atoms. The van der Waals surface area contributed by atoms with Crippen LogP contribution in [0.5, 0.6) is 0 Å². The first-order valence-corrected chi connectivity index (χ1v) is 8.92. The summed E-state index contributed by atoms with van der Waals surface area (Å²) in [5.41, 5.74) is 0.658. The summed E-state index contributed by atoms with van der Waals surface area (Å²) in [6, 6.07) is 4.81. The standard InChI is InChI=1S/C18H27ClFN3O/c1-22(2)9-3-8-21-18(24)14-6-10-23(11-7-14)13-15-4-5-16(19)12-17(15)20/h4-5,12,14H,3,6-11,13H2,1-2H3,(H,21,24). The molecule has 1 N–H and O–H groups in total. The van der Waals surface area contributed by atoms with E-state index in [1.54, 1.807) is 12.1 Å². The Morgan fingerprint density at radius 2 is 2.08 bits per heavy atom. The predicted molar refractivity (Wildman–Crippen MR) is 95.6 cm³/mol. The van der Waals surface area contributed by atoms with E-state index < -0.39 is 0 Å². The molecule has 24 heavy (non-hydrogen) atoms. The second-order valence-corrected chi connectivity index (χ2v) is 7.17. The van der Waals surface area contributed by atoms with Gasteiger partial charge in [0.15, 0.2) is 0 Å². The molecule has 0 radical (unpaired) electrons. The van der Waals surface area contributed by atoms with Crippen molar-refractivity contribution in [2.24, 2.45) is 5.92 Å². The predicted octanol–water partition coefficient (Wildman–Crippen LogP) is 2.76. The molecule has 6 heteroatoms. The average molecular weight is 356 g/mol. The molecular formula is C18H27ClFN3O. The van der Waals surface area contributed by atoms with Crippen LogP contribution in [0.4, 0.5) is 4.39 Å². The smallest absolute Gasteiger partial charge is 0.223 e.